The van der Waals surface area contributed by atoms with Gasteiger partial charge in [-0.3, -0.25) is 33.4 Å². The van der Waals surface area contributed by atoms with Gasteiger partial charge in [0.15, 0.2) is 6.10 Å². The first-order valence-corrected chi connectivity index (χ1v) is 27.0. The fourth-order valence-corrected chi connectivity index (χ4v) is 8.33. The highest BCUT2D eigenvalue weighted by atomic mass is 32.2. The standard InChI is InChI=1S/C46H83N4O12PS/c1-3-5-7-9-11-13-15-17-18-20-22-24-26-28-30-32-43(53)62-40(37-59-42(52)31-29-27-25-23-21-19-16-14-12-10-8-6-4-2)38-61-63(57,58)60-35-33-47-41(51)39-64-36-34-50-45(55)48-44(54)49-46(50)56/h17-18,40H,3-16,19-39H2,1-2H3,(H,47,51)(H,57,58)(H2,48,49,54,55,56)/b18-17-/t40-/m1/s1. The number of rotatable bonds is 44. The highest BCUT2D eigenvalue weighted by Gasteiger charge is 2.26. The Hall–Kier alpha value is -2.98. The van der Waals surface area contributed by atoms with Crippen molar-refractivity contribution in [2.75, 3.05) is 37.9 Å². The van der Waals surface area contributed by atoms with Crippen LogP contribution in [-0.2, 0) is 44.0 Å². The Morgan fingerprint density at radius 2 is 1.14 bits per heavy atom. The molecule has 0 aliphatic heterocycles. The van der Waals surface area contributed by atoms with Crippen LogP contribution in [0, 0.1) is 0 Å². The van der Waals surface area contributed by atoms with Crippen LogP contribution in [0.2, 0.25) is 0 Å². The smallest absolute Gasteiger partial charge is 0.462 e. The molecule has 0 saturated heterocycles. The number of thioether (sulfide) groups is 1. The largest absolute Gasteiger partial charge is 0.472 e. The number of allylic oxidation sites excluding steroid dienone is 2. The van der Waals surface area contributed by atoms with E-state index < -0.39 is 55.4 Å². The van der Waals surface area contributed by atoms with Gasteiger partial charge in [-0.2, -0.15) is 11.8 Å². The quantitative estimate of drug-likeness (QED) is 0.0207. The number of aromatic amines is 2. The zero-order chi connectivity index (χ0) is 46.9. The molecule has 0 saturated carbocycles. The number of nitrogens with zero attached hydrogens (tertiary/aromatic N) is 1. The summed E-state index contributed by atoms with van der Waals surface area (Å²) in [5, 5.41) is 2.52. The Kier molecular flexibility index (Phi) is 37.2. The Labute approximate surface area is 386 Å². The Morgan fingerprint density at radius 3 is 1.66 bits per heavy atom. The van der Waals surface area contributed by atoms with Crippen molar-refractivity contribution in [3.63, 3.8) is 0 Å². The lowest BCUT2D eigenvalue weighted by Gasteiger charge is -2.20. The third-order valence-corrected chi connectivity index (χ3v) is 12.5. The molecule has 0 radical (unpaired) electrons. The lowest BCUT2D eigenvalue weighted by molar-refractivity contribution is -0.161. The molecule has 0 fully saturated rings. The molecule has 16 nitrogen and oxygen atoms in total. The first kappa shape index (κ1) is 59.0. The molecule has 1 unspecified atom stereocenters. The Morgan fingerprint density at radius 1 is 0.672 bits per heavy atom. The minimum atomic E-state index is -4.65. The van der Waals surface area contributed by atoms with Gasteiger partial charge in [-0.25, -0.2) is 23.5 Å². The van der Waals surface area contributed by atoms with E-state index in [4.69, 9.17) is 18.5 Å². The van der Waals surface area contributed by atoms with Crippen LogP contribution >= 0.6 is 19.6 Å². The number of aromatic nitrogens is 3. The van der Waals surface area contributed by atoms with Gasteiger partial charge in [-0.1, -0.05) is 154 Å². The molecule has 0 bridgehead atoms. The molecule has 1 aromatic heterocycles. The molecule has 1 heterocycles. The maximum absolute atomic E-state index is 12.8. The van der Waals surface area contributed by atoms with Crippen molar-refractivity contribution in [3.8, 4) is 0 Å². The number of carbonyl (C=O) groups excluding carboxylic acids is 3. The summed E-state index contributed by atoms with van der Waals surface area (Å²) in [7, 11) is -4.65. The van der Waals surface area contributed by atoms with Crippen LogP contribution < -0.4 is 22.4 Å². The van der Waals surface area contributed by atoms with Crippen LogP contribution in [0.5, 0.6) is 0 Å². The van der Waals surface area contributed by atoms with Crippen LogP contribution in [-0.4, -0.2) is 81.2 Å². The summed E-state index contributed by atoms with van der Waals surface area (Å²) in [6, 6.07) is 0. The molecule has 0 aliphatic rings. The third kappa shape index (κ3) is 35.3. The molecular formula is C46H83N4O12PS. The summed E-state index contributed by atoms with van der Waals surface area (Å²) in [6.45, 7) is 3.03. The van der Waals surface area contributed by atoms with Gasteiger partial charge in [0, 0.05) is 31.7 Å². The van der Waals surface area contributed by atoms with Crippen molar-refractivity contribution in [2.24, 2.45) is 0 Å². The van der Waals surface area contributed by atoms with E-state index in [-0.39, 0.29) is 50.7 Å². The van der Waals surface area contributed by atoms with Crippen LogP contribution in [0.15, 0.2) is 26.5 Å². The van der Waals surface area contributed by atoms with E-state index >= 15 is 0 Å². The average Bonchev–Trinajstić information content (AvgIpc) is 3.25. The first-order valence-electron chi connectivity index (χ1n) is 24.4. The van der Waals surface area contributed by atoms with Crippen LogP contribution in [0.4, 0.5) is 0 Å². The van der Waals surface area contributed by atoms with Crippen LogP contribution in [0.3, 0.4) is 0 Å². The van der Waals surface area contributed by atoms with Crippen molar-refractivity contribution in [2.45, 2.75) is 206 Å². The van der Waals surface area contributed by atoms with E-state index in [1.165, 1.54) is 96.3 Å². The van der Waals surface area contributed by atoms with Gasteiger partial charge in [-0.15, -0.1) is 0 Å². The number of unbranched alkanes of at least 4 members (excludes halogenated alkanes) is 23. The summed E-state index contributed by atoms with van der Waals surface area (Å²) in [6.07, 6.45) is 33.9. The second kappa shape index (κ2) is 40.3. The third-order valence-electron chi connectivity index (χ3n) is 10.6. The highest BCUT2D eigenvalue weighted by molar-refractivity contribution is 7.99. The van der Waals surface area contributed by atoms with Crippen LogP contribution in [0.25, 0.3) is 0 Å². The number of phosphoric ester groups is 1. The fraction of sp³-hybridized carbons (Fsp3) is 0.826. The number of phosphoric acid groups is 1. The summed E-state index contributed by atoms with van der Waals surface area (Å²) >= 11 is 1.12. The molecule has 370 valence electrons. The molecule has 0 aliphatic carbocycles. The number of carbonyl (C=O) groups is 3. The SMILES string of the molecule is CCCCCCCC/C=C\CCCCCCCC(=O)O[C@H](COC(=O)CCCCCCCCCCCCCCC)COP(=O)(O)OCCNC(=O)CSCCn1c(=O)[nH]c(=O)[nH]c1=O. The number of hydrogen-bond acceptors (Lipinski definition) is 12. The van der Waals surface area contributed by atoms with Gasteiger partial charge in [0.25, 0.3) is 0 Å². The van der Waals surface area contributed by atoms with E-state index in [2.05, 4.69) is 31.3 Å². The van der Waals surface area contributed by atoms with Gasteiger partial charge in [0.2, 0.25) is 5.91 Å². The molecule has 64 heavy (non-hydrogen) atoms. The maximum atomic E-state index is 12.8. The lowest BCUT2D eigenvalue weighted by Crippen LogP contribution is -2.43. The van der Waals surface area contributed by atoms with Crippen molar-refractivity contribution in [1.29, 1.82) is 0 Å². The Balaban J connectivity index is 2.43. The van der Waals surface area contributed by atoms with Gasteiger partial charge in [0.05, 0.1) is 19.0 Å². The van der Waals surface area contributed by atoms with Gasteiger partial charge in [-0.05, 0) is 38.5 Å². The van der Waals surface area contributed by atoms with E-state index in [9.17, 15) is 38.2 Å². The van der Waals surface area contributed by atoms with Gasteiger partial charge >= 0.3 is 36.8 Å². The molecule has 0 aromatic carbocycles. The minimum Gasteiger partial charge on any atom is -0.462 e. The van der Waals surface area contributed by atoms with Crippen molar-refractivity contribution < 1.29 is 42.4 Å². The van der Waals surface area contributed by atoms with E-state index in [1.54, 1.807) is 0 Å². The number of ether oxygens (including phenoxy) is 2. The van der Waals surface area contributed by atoms with Crippen molar-refractivity contribution >= 4 is 37.4 Å². The molecule has 4 N–H and O–H groups in total. The molecule has 18 heteroatoms. The minimum absolute atomic E-state index is 0.0363. The van der Waals surface area contributed by atoms with Gasteiger partial charge in [0.1, 0.15) is 6.61 Å². The Bertz CT molecular complexity index is 1580. The van der Waals surface area contributed by atoms with Gasteiger partial charge < -0.3 is 19.7 Å². The molecule has 1 rings (SSSR count). The average molecular weight is 947 g/mol. The van der Waals surface area contributed by atoms with Crippen molar-refractivity contribution in [3.05, 3.63) is 43.6 Å². The molecule has 1 aromatic rings. The topological polar surface area (TPSA) is 225 Å². The molecule has 2 atom stereocenters. The molecule has 1 amide bonds. The monoisotopic (exact) mass is 947 g/mol. The van der Waals surface area contributed by atoms with Crippen LogP contribution in [0.1, 0.15) is 194 Å². The summed E-state index contributed by atoms with van der Waals surface area (Å²) in [5.41, 5.74) is -2.62. The van der Waals surface area contributed by atoms with E-state index in [0.717, 1.165) is 74.1 Å². The number of amides is 1. The fourth-order valence-electron chi connectivity index (χ4n) is 6.84. The van der Waals surface area contributed by atoms with Crippen molar-refractivity contribution in [1.82, 2.24) is 19.9 Å². The summed E-state index contributed by atoms with van der Waals surface area (Å²) in [4.78, 5) is 86.4. The summed E-state index contributed by atoms with van der Waals surface area (Å²) in [5.74, 6) is -1.21. The number of esters is 2. The predicted octanol–water partition coefficient (Wildman–Crippen LogP) is 9.18. The lowest BCUT2D eigenvalue weighted by atomic mass is 10.0. The maximum Gasteiger partial charge on any atom is 0.472 e. The molecular weight excluding hydrogens is 864 g/mol. The zero-order valence-electron chi connectivity index (χ0n) is 39.2. The highest BCUT2D eigenvalue weighted by Crippen LogP contribution is 2.43. The predicted molar refractivity (Wildman–Crippen MR) is 255 cm³/mol. The number of H-pyrrole nitrogens is 2. The second-order valence-electron chi connectivity index (χ2n) is 16.5. The zero-order valence-corrected chi connectivity index (χ0v) is 40.9. The second-order valence-corrected chi connectivity index (χ2v) is 19.0. The number of nitrogens with one attached hydrogen (secondary N) is 3. The first-order chi connectivity index (χ1) is 31.0. The van der Waals surface area contributed by atoms with E-state index in [1.807, 2.05) is 9.97 Å². The van der Waals surface area contributed by atoms with E-state index in [0.29, 0.717) is 12.8 Å². The summed E-state index contributed by atoms with van der Waals surface area (Å²) < 4.78 is 34.5. The molecule has 0 spiro atoms. The number of hydrogen-bond donors (Lipinski definition) is 4. The normalized spacial score (nSPS) is 12.9.